The van der Waals surface area contributed by atoms with Crippen LogP contribution in [-0.4, -0.2) is 66.8 Å². The van der Waals surface area contributed by atoms with Gasteiger partial charge in [-0.2, -0.15) is 0 Å². The van der Waals surface area contributed by atoms with E-state index in [4.69, 9.17) is 5.73 Å². The van der Waals surface area contributed by atoms with Crippen LogP contribution in [0.5, 0.6) is 0 Å². The maximum atomic E-state index is 9.29. The second-order valence-electron chi connectivity index (χ2n) is 7.74. The normalized spacial score (nSPS) is 19.1. The molecule has 7 nitrogen and oxygen atoms in total. The van der Waals surface area contributed by atoms with E-state index in [-0.39, 0.29) is 0 Å². The summed E-state index contributed by atoms with van der Waals surface area (Å²) in [6.45, 7) is 6.54. The molecule has 4 rings (SSSR count). The van der Waals surface area contributed by atoms with Gasteiger partial charge in [-0.15, -0.1) is 11.3 Å². The van der Waals surface area contributed by atoms with Crippen LogP contribution in [0.15, 0.2) is 40.8 Å². The molecule has 2 saturated heterocycles. The van der Waals surface area contributed by atoms with Crippen molar-refractivity contribution in [2.75, 3.05) is 55.7 Å². The van der Waals surface area contributed by atoms with E-state index in [1.807, 2.05) is 11.6 Å². The van der Waals surface area contributed by atoms with Crippen molar-refractivity contribution in [1.29, 1.82) is 0 Å². The predicted octanol–water partition coefficient (Wildman–Crippen LogP) is 1.99. The SMILES string of the molecule is NC(=NCc1ccc(N2CCC(CO)CC2)cc1)N1CCN(c2nccs2)CC1. The van der Waals surface area contributed by atoms with Crippen molar-refractivity contribution in [2.45, 2.75) is 19.4 Å². The maximum Gasteiger partial charge on any atom is 0.191 e. The molecule has 1 aromatic carbocycles. The first-order valence-electron chi connectivity index (χ1n) is 10.4. The molecule has 2 aliphatic heterocycles. The van der Waals surface area contributed by atoms with E-state index in [0.717, 1.165) is 57.2 Å². The molecule has 0 aliphatic carbocycles. The van der Waals surface area contributed by atoms with Gasteiger partial charge in [0, 0.05) is 63.1 Å². The first-order valence-corrected chi connectivity index (χ1v) is 11.2. The number of nitrogens with two attached hydrogens (primary N) is 1. The van der Waals surface area contributed by atoms with Gasteiger partial charge in [-0.05, 0) is 36.5 Å². The molecule has 0 bridgehead atoms. The lowest BCUT2D eigenvalue weighted by molar-refractivity contribution is 0.203. The van der Waals surface area contributed by atoms with Gasteiger partial charge in [0.1, 0.15) is 0 Å². The fourth-order valence-electron chi connectivity index (χ4n) is 3.96. The lowest BCUT2D eigenvalue weighted by atomic mass is 9.97. The van der Waals surface area contributed by atoms with Gasteiger partial charge in [0.25, 0.3) is 0 Å². The second kappa shape index (κ2) is 9.45. The summed E-state index contributed by atoms with van der Waals surface area (Å²) in [5.41, 5.74) is 8.67. The Morgan fingerprint density at radius 1 is 1.07 bits per heavy atom. The summed E-state index contributed by atoms with van der Waals surface area (Å²) in [5, 5.41) is 12.4. The van der Waals surface area contributed by atoms with E-state index in [1.54, 1.807) is 11.3 Å². The standard InChI is InChI=1S/C21H30N6OS/c22-20(26-10-12-27(13-11-26)21-23-7-14-29-21)24-15-17-1-3-19(4-2-17)25-8-5-18(16-28)6-9-25/h1-4,7,14,18,28H,5-6,8-13,15-16H2,(H2,22,24). The van der Waals surface area contributed by atoms with Crippen LogP contribution in [0, 0.1) is 5.92 Å². The largest absolute Gasteiger partial charge is 0.396 e. The molecule has 8 heteroatoms. The molecule has 0 saturated carbocycles. The van der Waals surface area contributed by atoms with Crippen molar-refractivity contribution in [3.63, 3.8) is 0 Å². The number of piperazine rings is 1. The van der Waals surface area contributed by atoms with Crippen LogP contribution in [0.3, 0.4) is 0 Å². The maximum absolute atomic E-state index is 9.29. The highest BCUT2D eigenvalue weighted by molar-refractivity contribution is 7.13. The fourth-order valence-corrected chi connectivity index (χ4v) is 4.65. The monoisotopic (exact) mass is 414 g/mol. The van der Waals surface area contributed by atoms with Crippen LogP contribution in [0.4, 0.5) is 10.8 Å². The molecule has 0 atom stereocenters. The molecular formula is C21H30N6OS. The molecule has 156 valence electrons. The topological polar surface area (TPSA) is 81.2 Å². The molecule has 29 heavy (non-hydrogen) atoms. The summed E-state index contributed by atoms with van der Waals surface area (Å²) in [6, 6.07) is 8.63. The van der Waals surface area contributed by atoms with Crippen molar-refractivity contribution >= 4 is 28.1 Å². The first-order chi connectivity index (χ1) is 14.2. The summed E-state index contributed by atoms with van der Waals surface area (Å²) < 4.78 is 0. The van der Waals surface area contributed by atoms with Crippen molar-refractivity contribution in [1.82, 2.24) is 9.88 Å². The zero-order chi connectivity index (χ0) is 20.1. The molecule has 2 aromatic rings. The lowest BCUT2D eigenvalue weighted by Crippen LogP contribution is -2.51. The number of piperidine rings is 1. The number of anilines is 2. The molecule has 0 unspecified atom stereocenters. The second-order valence-corrected chi connectivity index (χ2v) is 8.62. The van der Waals surface area contributed by atoms with E-state index in [9.17, 15) is 5.11 Å². The Kier molecular flexibility index (Phi) is 6.51. The van der Waals surface area contributed by atoms with Crippen LogP contribution in [-0.2, 0) is 6.54 Å². The van der Waals surface area contributed by atoms with Crippen molar-refractivity contribution < 1.29 is 5.11 Å². The van der Waals surface area contributed by atoms with Crippen LogP contribution in [0.2, 0.25) is 0 Å². The van der Waals surface area contributed by atoms with Gasteiger partial charge in [-0.3, -0.25) is 0 Å². The lowest BCUT2D eigenvalue weighted by Gasteiger charge is -2.35. The molecule has 2 fully saturated rings. The van der Waals surface area contributed by atoms with Gasteiger partial charge in [0.15, 0.2) is 11.1 Å². The highest BCUT2D eigenvalue weighted by Gasteiger charge is 2.20. The molecule has 0 spiro atoms. The third-order valence-corrected chi connectivity index (χ3v) is 6.72. The van der Waals surface area contributed by atoms with E-state index >= 15 is 0 Å². The minimum Gasteiger partial charge on any atom is -0.396 e. The van der Waals surface area contributed by atoms with Crippen molar-refractivity contribution in [2.24, 2.45) is 16.6 Å². The Hall–Kier alpha value is -2.32. The molecule has 1 aromatic heterocycles. The van der Waals surface area contributed by atoms with Gasteiger partial charge < -0.3 is 25.5 Å². The number of hydrogen-bond donors (Lipinski definition) is 2. The van der Waals surface area contributed by atoms with Gasteiger partial charge in [-0.25, -0.2) is 9.98 Å². The number of aliphatic hydroxyl groups excluding tert-OH is 1. The number of guanidine groups is 1. The number of rotatable bonds is 5. The van der Waals surface area contributed by atoms with E-state index in [2.05, 4.69) is 48.9 Å². The number of aromatic nitrogens is 1. The van der Waals surface area contributed by atoms with Gasteiger partial charge >= 0.3 is 0 Å². The van der Waals surface area contributed by atoms with Crippen LogP contribution in [0.25, 0.3) is 0 Å². The predicted molar refractivity (Wildman–Crippen MR) is 120 cm³/mol. The van der Waals surface area contributed by atoms with E-state index < -0.39 is 0 Å². The number of aliphatic hydroxyl groups is 1. The third-order valence-electron chi connectivity index (χ3n) is 5.89. The smallest absolute Gasteiger partial charge is 0.191 e. The highest BCUT2D eigenvalue weighted by atomic mass is 32.1. The Morgan fingerprint density at radius 2 is 1.79 bits per heavy atom. The molecule has 3 heterocycles. The Balaban J connectivity index is 1.26. The average Bonchev–Trinajstić information content (AvgIpc) is 3.33. The number of nitrogens with zero attached hydrogens (tertiary/aromatic N) is 5. The molecule has 3 N–H and O–H groups in total. The zero-order valence-electron chi connectivity index (χ0n) is 16.8. The summed E-state index contributed by atoms with van der Waals surface area (Å²) in [4.78, 5) is 15.9. The number of benzene rings is 1. The first kappa shape index (κ1) is 20.0. The van der Waals surface area contributed by atoms with E-state index in [1.165, 1.54) is 11.3 Å². The van der Waals surface area contributed by atoms with Gasteiger partial charge in [0.2, 0.25) is 0 Å². The van der Waals surface area contributed by atoms with Crippen LogP contribution in [0.1, 0.15) is 18.4 Å². The minimum absolute atomic E-state index is 0.312. The Morgan fingerprint density at radius 3 is 2.41 bits per heavy atom. The molecule has 2 aliphatic rings. The molecule has 0 amide bonds. The third kappa shape index (κ3) is 5.00. The summed E-state index contributed by atoms with van der Waals surface area (Å²) >= 11 is 1.68. The quantitative estimate of drug-likeness (QED) is 0.575. The number of hydrogen-bond acceptors (Lipinski definition) is 6. The molecular weight excluding hydrogens is 384 g/mol. The summed E-state index contributed by atoms with van der Waals surface area (Å²) in [6.07, 6.45) is 3.98. The minimum atomic E-state index is 0.312. The average molecular weight is 415 g/mol. The van der Waals surface area contributed by atoms with Crippen molar-refractivity contribution in [3.8, 4) is 0 Å². The number of aliphatic imine (C=N–C) groups is 1. The Labute approximate surface area is 176 Å². The fraction of sp³-hybridized carbons (Fsp3) is 0.524. The summed E-state index contributed by atoms with van der Waals surface area (Å²) in [7, 11) is 0. The van der Waals surface area contributed by atoms with E-state index in [0.29, 0.717) is 25.0 Å². The highest BCUT2D eigenvalue weighted by Crippen LogP contribution is 2.23. The number of thiazole rings is 1. The zero-order valence-corrected chi connectivity index (χ0v) is 17.6. The van der Waals surface area contributed by atoms with Gasteiger partial charge in [-0.1, -0.05) is 12.1 Å². The van der Waals surface area contributed by atoms with Crippen molar-refractivity contribution in [3.05, 3.63) is 41.4 Å². The van der Waals surface area contributed by atoms with Crippen LogP contribution < -0.4 is 15.5 Å². The Bertz CT molecular complexity index is 778. The van der Waals surface area contributed by atoms with Crippen LogP contribution >= 0.6 is 11.3 Å². The molecule has 0 radical (unpaired) electrons. The summed E-state index contributed by atoms with van der Waals surface area (Å²) in [5.74, 6) is 1.09. The van der Waals surface area contributed by atoms with Gasteiger partial charge in [0.05, 0.1) is 6.54 Å².